The van der Waals surface area contributed by atoms with Gasteiger partial charge < -0.3 is 8.98 Å². The van der Waals surface area contributed by atoms with Gasteiger partial charge in [0.2, 0.25) is 0 Å². The summed E-state index contributed by atoms with van der Waals surface area (Å²) in [5, 5.41) is 4.84. The van der Waals surface area contributed by atoms with Gasteiger partial charge in [-0.25, -0.2) is 0 Å². The molecule has 0 fully saturated rings. The number of aromatic nitrogens is 1. The lowest BCUT2D eigenvalue weighted by atomic mass is 9.98. The number of fused-ring (bicyclic) bond motifs is 6. The van der Waals surface area contributed by atoms with Crippen molar-refractivity contribution in [2.45, 2.75) is 0 Å². The number of halogens is 1. The Morgan fingerprint density at radius 1 is 0.750 bits per heavy atom. The van der Waals surface area contributed by atoms with E-state index in [2.05, 4.69) is 94.3 Å². The summed E-state index contributed by atoms with van der Waals surface area (Å²) in [7, 11) is 2.14. The van der Waals surface area contributed by atoms with Crippen molar-refractivity contribution in [3.63, 3.8) is 0 Å². The second-order valence-corrected chi connectivity index (χ2v) is 8.12. The Morgan fingerprint density at radius 2 is 1.54 bits per heavy atom. The van der Waals surface area contributed by atoms with Gasteiger partial charge in [-0.05, 0) is 35.9 Å². The van der Waals surface area contributed by atoms with Gasteiger partial charge in [0, 0.05) is 44.1 Å². The SMILES string of the molecule is Cn1c2ccccc2c2cc3c(oc4ccccc43)c(-c3cccc(Br)c3)c21. The molecule has 2 nitrogen and oxygen atoms in total. The van der Waals surface area contributed by atoms with Crippen molar-refractivity contribution in [2.24, 2.45) is 7.05 Å². The second kappa shape index (κ2) is 5.73. The number of furan rings is 1. The molecule has 0 aliphatic rings. The first-order valence-corrected chi connectivity index (χ1v) is 10.1. The normalized spacial score (nSPS) is 11.9. The fraction of sp³-hybridized carbons (Fsp3) is 0.0400. The van der Waals surface area contributed by atoms with E-state index >= 15 is 0 Å². The van der Waals surface area contributed by atoms with Gasteiger partial charge in [-0.3, -0.25) is 0 Å². The van der Waals surface area contributed by atoms with Crippen LogP contribution >= 0.6 is 15.9 Å². The molecule has 0 unspecified atom stereocenters. The maximum atomic E-state index is 6.41. The van der Waals surface area contributed by atoms with E-state index in [0.29, 0.717) is 0 Å². The predicted octanol–water partition coefficient (Wildman–Crippen LogP) is 7.66. The Labute approximate surface area is 170 Å². The summed E-state index contributed by atoms with van der Waals surface area (Å²) < 4.78 is 9.75. The summed E-state index contributed by atoms with van der Waals surface area (Å²) in [6, 6.07) is 27.6. The van der Waals surface area contributed by atoms with E-state index in [0.717, 1.165) is 37.5 Å². The minimum atomic E-state index is 0.924. The van der Waals surface area contributed by atoms with Crippen LogP contribution < -0.4 is 0 Å². The van der Waals surface area contributed by atoms with Crippen molar-refractivity contribution in [3.05, 3.63) is 83.3 Å². The molecular formula is C25H16BrNO. The lowest BCUT2D eigenvalue weighted by molar-refractivity contribution is 0.670. The highest BCUT2D eigenvalue weighted by Crippen LogP contribution is 2.44. The number of aryl methyl sites for hydroxylation is 1. The molecule has 0 amide bonds. The van der Waals surface area contributed by atoms with Crippen molar-refractivity contribution < 1.29 is 4.42 Å². The first kappa shape index (κ1) is 16.0. The summed E-state index contributed by atoms with van der Waals surface area (Å²) in [5.41, 5.74) is 6.58. The third-order valence-electron chi connectivity index (χ3n) is 5.65. The van der Waals surface area contributed by atoms with Gasteiger partial charge in [-0.1, -0.05) is 64.5 Å². The van der Waals surface area contributed by atoms with Crippen LogP contribution in [0.4, 0.5) is 0 Å². The smallest absolute Gasteiger partial charge is 0.145 e. The average Bonchev–Trinajstić information content (AvgIpc) is 3.23. The molecule has 0 bridgehead atoms. The third-order valence-corrected chi connectivity index (χ3v) is 6.14. The zero-order valence-corrected chi connectivity index (χ0v) is 16.8. The first-order chi connectivity index (χ1) is 13.7. The van der Waals surface area contributed by atoms with E-state index in [1.54, 1.807) is 0 Å². The van der Waals surface area contributed by atoms with E-state index in [1.807, 2.05) is 12.1 Å². The van der Waals surface area contributed by atoms with Crippen molar-refractivity contribution in [2.75, 3.05) is 0 Å². The summed E-state index contributed by atoms with van der Waals surface area (Å²) in [6.45, 7) is 0. The molecule has 3 heteroatoms. The van der Waals surface area contributed by atoms with Gasteiger partial charge >= 0.3 is 0 Å². The lowest BCUT2D eigenvalue weighted by Crippen LogP contribution is -1.91. The van der Waals surface area contributed by atoms with Crippen LogP contribution in [-0.2, 0) is 7.05 Å². The highest BCUT2D eigenvalue weighted by Gasteiger charge is 2.20. The molecule has 6 aromatic rings. The standard InChI is InChI=1S/C25H16BrNO/c1-27-21-11-4-2-9-17(21)19-14-20-18-10-3-5-12-22(18)28-25(20)23(24(19)27)15-7-6-8-16(26)13-15/h2-14H,1H3. The molecular weight excluding hydrogens is 410 g/mol. The van der Waals surface area contributed by atoms with Crippen LogP contribution in [0.25, 0.3) is 54.9 Å². The van der Waals surface area contributed by atoms with Gasteiger partial charge in [0.1, 0.15) is 11.2 Å². The largest absolute Gasteiger partial charge is 0.455 e. The minimum Gasteiger partial charge on any atom is -0.455 e. The topological polar surface area (TPSA) is 18.1 Å². The zero-order chi connectivity index (χ0) is 18.8. The summed E-state index contributed by atoms with van der Waals surface area (Å²) in [6.07, 6.45) is 0. The van der Waals surface area contributed by atoms with E-state index in [9.17, 15) is 0 Å². The van der Waals surface area contributed by atoms with Gasteiger partial charge in [0.05, 0.1) is 5.52 Å². The van der Waals surface area contributed by atoms with Crippen molar-refractivity contribution in [1.29, 1.82) is 0 Å². The second-order valence-electron chi connectivity index (χ2n) is 7.21. The van der Waals surface area contributed by atoms with E-state index in [-0.39, 0.29) is 0 Å². The molecule has 0 atom stereocenters. The number of rotatable bonds is 1. The molecule has 28 heavy (non-hydrogen) atoms. The molecule has 6 rings (SSSR count). The predicted molar refractivity (Wildman–Crippen MR) is 121 cm³/mol. The molecule has 0 saturated heterocycles. The Morgan fingerprint density at radius 3 is 2.39 bits per heavy atom. The van der Waals surface area contributed by atoms with Crippen molar-refractivity contribution in [3.8, 4) is 11.1 Å². The van der Waals surface area contributed by atoms with Crippen molar-refractivity contribution in [1.82, 2.24) is 4.57 Å². The minimum absolute atomic E-state index is 0.924. The third kappa shape index (κ3) is 2.08. The zero-order valence-electron chi connectivity index (χ0n) is 15.2. The van der Waals surface area contributed by atoms with E-state index in [1.165, 1.54) is 21.8 Å². The molecule has 0 aliphatic heterocycles. The highest BCUT2D eigenvalue weighted by atomic mass is 79.9. The Bertz CT molecular complexity index is 1540. The molecule has 0 aliphatic carbocycles. The summed E-state index contributed by atoms with van der Waals surface area (Å²) >= 11 is 3.64. The molecule has 0 radical (unpaired) electrons. The van der Waals surface area contributed by atoms with Gasteiger partial charge in [-0.15, -0.1) is 0 Å². The van der Waals surface area contributed by atoms with Crippen LogP contribution in [0.5, 0.6) is 0 Å². The Kier molecular flexibility index (Phi) is 3.27. The average molecular weight is 426 g/mol. The molecule has 4 aromatic carbocycles. The molecule has 0 N–H and O–H groups in total. The maximum Gasteiger partial charge on any atom is 0.145 e. The molecule has 2 aromatic heterocycles. The van der Waals surface area contributed by atoms with Crippen molar-refractivity contribution >= 4 is 59.7 Å². The van der Waals surface area contributed by atoms with E-state index < -0.39 is 0 Å². The van der Waals surface area contributed by atoms with Crippen LogP contribution in [0.1, 0.15) is 0 Å². The van der Waals surface area contributed by atoms with Crippen LogP contribution in [0.2, 0.25) is 0 Å². The summed E-state index contributed by atoms with van der Waals surface area (Å²) in [4.78, 5) is 0. The number of para-hydroxylation sites is 2. The fourth-order valence-electron chi connectivity index (χ4n) is 4.43. The van der Waals surface area contributed by atoms with Crippen LogP contribution in [-0.4, -0.2) is 4.57 Å². The van der Waals surface area contributed by atoms with Crippen LogP contribution in [0, 0.1) is 0 Å². The van der Waals surface area contributed by atoms with Crippen LogP contribution in [0.3, 0.4) is 0 Å². The number of hydrogen-bond acceptors (Lipinski definition) is 1. The highest BCUT2D eigenvalue weighted by molar-refractivity contribution is 9.10. The van der Waals surface area contributed by atoms with Gasteiger partial charge in [0.15, 0.2) is 0 Å². The quantitative estimate of drug-likeness (QED) is 0.264. The monoisotopic (exact) mass is 425 g/mol. The number of hydrogen-bond donors (Lipinski definition) is 0. The Hall–Kier alpha value is -3.04. The summed E-state index contributed by atoms with van der Waals surface area (Å²) in [5.74, 6) is 0. The fourth-order valence-corrected chi connectivity index (χ4v) is 4.83. The molecule has 2 heterocycles. The molecule has 0 spiro atoms. The van der Waals surface area contributed by atoms with Gasteiger partial charge in [-0.2, -0.15) is 0 Å². The Balaban J connectivity index is 1.94. The lowest BCUT2D eigenvalue weighted by Gasteiger charge is -2.09. The number of nitrogens with zero attached hydrogens (tertiary/aromatic N) is 1. The van der Waals surface area contributed by atoms with Crippen LogP contribution in [0.15, 0.2) is 87.8 Å². The van der Waals surface area contributed by atoms with E-state index in [4.69, 9.17) is 4.42 Å². The molecule has 134 valence electrons. The van der Waals surface area contributed by atoms with Gasteiger partial charge in [0.25, 0.3) is 0 Å². The maximum absolute atomic E-state index is 6.41. The number of benzene rings is 4. The first-order valence-electron chi connectivity index (χ1n) is 9.30. The molecule has 0 saturated carbocycles.